The predicted molar refractivity (Wildman–Crippen MR) is 115 cm³/mol. The van der Waals surface area contributed by atoms with Crippen LogP contribution in [0.3, 0.4) is 0 Å². The first-order valence-electron chi connectivity index (χ1n) is 8.88. The predicted octanol–water partition coefficient (Wildman–Crippen LogP) is 5.08. The summed E-state index contributed by atoms with van der Waals surface area (Å²) in [6, 6.07) is 38.4. The van der Waals surface area contributed by atoms with Crippen molar-refractivity contribution in [3.05, 3.63) is 109 Å². The van der Waals surface area contributed by atoms with Gasteiger partial charge in [-0.2, -0.15) is 0 Å². The van der Waals surface area contributed by atoms with Gasteiger partial charge in [0.2, 0.25) is 0 Å². The van der Waals surface area contributed by atoms with E-state index in [0.29, 0.717) is 0 Å². The van der Waals surface area contributed by atoms with Gasteiger partial charge in [0, 0.05) is 17.1 Å². The van der Waals surface area contributed by atoms with Crippen molar-refractivity contribution >= 4 is 30.4 Å². The van der Waals surface area contributed by atoms with Gasteiger partial charge in [-0.05, 0) is 47.5 Å². The van der Waals surface area contributed by atoms with Gasteiger partial charge in [-0.15, -0.1) is 0 Å². The summed E-state index contributed by atoms with van der Waals surface area (Å²) in [5, 5.41) is 0. The number of hydrogen-bond acceptors (Lipinski definition) is 1. The summed E-state index contributed by atoms with van der Waals surface area (Å²) in [6.07, 6.45) is 0. The second-order valence-electron chi connectivity index (χ2n) is 6.42. The maximum Gasteiger partial charge on any atom is 0.139 e. The second-order valence-corrected chi connectivity index (χ2v) is 6.42. The van der Waals surface area contributed by atoms with Gasteiger partial charge in [0.05, 0.1) is 0 Å². The molecule has 124 valence electrons. The van der Waals surface area contributed by atoms with Gasteiger partial charge in [0.25, 0.3) is 0 Å². The third kappa shape index (κ3) is 3.40. The lowest BCUT2D eigenvalue weighted by Crippen LogP contribution is -2.11. The van der Waals surface area contributed by atoms with Crippen molar-refractivity contribution in [3.63, 3.8) is 0 Å². The Morgan fingerprint density at radius 2 is 1.00 bits per heavy atom. The van der Waals surface area contributed by atoms with Crippen LogP contribution in [-0.2, 0) is 0 Å². The Bertz CT molecular complexity index is 979. The molecule has 0 heterocycles. The Balaban J connectivity index is 1.83. The Morgan fingerprint density at radius 1 is 0.462 bits per heavy atom. The molecule has 0 saturated heterocycles. The summed E-state index contributed by atoms with van der Waals surface area (Å²) in [5.74, 6) is 0. The van der Waals surface area contributed by atoms with Crippen LogP contribution < -0.4 is 10.4 Å². The fourth-order valence-corrected chi connectivity index (χ4v) is 3.17. The number of para-hydroxylation sites is 1. The van der Waals surface area contributed by atoms with Gasteiger partial charge in [0.1, 0.15) is 7.85 Å². The Labute approximate surface area is 156 Å². The van der Waals surface area contributed by atoms with Crippen molar-refractivity contribution in [1.82, 2.24) is 0 Å². The lowest BCUT2D eigenvalue weighted by molar-refractivity contribution is 1.29. The molecular weight excluding hydrogens is 313 g/mol. The molecule has 0 amide bonds. The highest BCUT2D eigenvalue weighted by Gasteiger charge is 2.12. The fourth-order valence-electron chi connectivity index (χ4n) is 3.17. The molecule has 4 aromatic carbocycles. The number of anilines is 3. The molecule has 4 rings (SSSR count). The molecule has 4 aromatic rings. The Morgan fingerprint density at radius 3 is 1.69 bits per heavy atom. The highest BCUT2D eigenvalue weighted by Crippen LogP contribution is 2.35. The lowest BCUT2D eigenvalue weighted by Gasteiger charge is -2.26. The van der Waals surface area contributed by atoms with Crippen LogP contribution in [0, 0.1) is 0 Å². The third-order valence-electron chi connectivity index (χ3n) is 4.52. The van der Waals surface area contributed by atoms with Crippen LogP contribution >= 0.6 is 0 Å². The van der Waals surface area contributed by atoms with E-state index in [2.05, 4.69) is 122 Å². The maximum absolute atomic E-state index is 2.30. The van der Waals surface area contributed by atoms with Crippen LogP contribution in [-0.4, -0.2) is 7.85 Å². The van der Waals surface area contributed by atoms with Crippen LogP contribution in [0.25, 0.3) is 11.1 Å². The zero-order valence-corrected chi connectivity index (χ0v) is 14.8. The average Bonchev–Trinajstić information content (AvgIpc) is 2.71. The maximum atomic E-state index is 2.30. The molecule has 0 aliphatic heterocycles. The summed E-state index contributed by atoms with van der Waals surface area (Å²) in [7, 11) is 2.12. The van der Waals surface area contributed by atoms with E-state index in [1.54, 1.807) is 0 Å². The number of nitrogens with zero attached hydrogens (tertiary/aromatic N) is 1. The standard InChI is InChI=1S/C24H20BN/c25-21-14-16-23(17-15-21)26(22-11-5-2-6-12-22)24-13-7-10-20(18-24)19-8-3-1-4-9-19/h1-18H,25H2. The zero-order valence-electron chi connectivity index (χ0n) is 14.8. The van der Waals surface area contributed by atoms with Crippen LogP contribution in [0.15, 0.2) is 109 Å². The minimum Gasteiger partial charge on any atom is -0.310 e. The van der Waals surface area contributed by atoms with Crippen molar-refractivity contribution in [2.45, 2.75) is 0 Å². The molecule has 0 radical (unpaired) electrons. The molecule has 0 saturated carbocycles. The van der Waals surface area contributed by atoms with Crippen molar-refractivity contribution < 1.29 is 0 Å². The van der Waals surface area contributed by atoms with Gasteiger partial charge >= 0.3 is 0 Å². The molecule has 0 unspecified atom stereocenters. The largest absolute Gasteiger partial charge is 0.310 e. The Kier molecular flexibility index (Phi) is 4.57. The van der Waals surface area contributed by atoms with E-state index in [9.17, 15) is 0 Å². The van der Waals surface area contributed by atoms with Crippen LogP contribution in [0.4, 0.5) is 17.1 Å². The van der Waals surface area contributed by atoms with Gasteiger partial charge in [0.15, 0.2) is 0 Å². The number of hydrogen-bond donors (Lipinski definition) is 0. The summed E-state index contributed by atoms with van der Waals surface area (Å²) >= 11 is 0. The molecule has 0 fully saturated rings. The van der Waals surface area contributed by atoms with Crippen LogP contribution in [0.2, 0.25) is 0 Å². The molecule has 2 heteroatoms. The van der Waals surface area contributed by atoms with E-state index in [0.717, 1.165) is 17.1 Å². The fraction of sp³-hybridized carbons (Fsp3) is 0. The first kappa shape index (κ1) is 16.2. The molecule has 0 spiro atoms. The molecule has 26 heavy (non-hydrogen) atoms. The van der Waals surface area contributed by atoms with Gasteiger partial charge in [-0.1, -0.05) is 78.3 Å². The number of benzene rings is 4. The molecule has 0 bridgehead atoms. The van der Waals surface area contributed by atoms with Crippen molar-refractivity contribution in [3.8, 4) is 11.1 Å². The van der Waals surface area contributed by atoms with Crippen molar-refractivity contribution in [2.24, 2.45) is 0 Å². The second kappa shape index (κ2) is 7.32. The van der Waals surface area contributed by atoms with Crippen molar-refractivity contribution in [2.75, 3.05) is 4.90 Å². The molecule has 0 aliphatic rings. The minimum absolute atomic E-state index is 1.15. The normalized spacial score (nSPS) is 10.5. The topological polar surface area (TPSA) is 3.24 Å². The monoisotopic (exact) mass is 333 g/mol. The van der Waals surface area contributed by atoms with Gasteiger partial charge < -0.3 is 4.90 Å². The molecule has 0 N–H and O–H groups in total. The van der Waals surface area contributed by atoms with E-state index in [1.807, 2.05) is 0 Å². The Hall–Kier alpha value is -3.26. The highest BCUT2D eigenvalue weighted by molar-refractivity contribution is 6.32. The smallest absolute Gasteiger partial charge is 0.139 e. The highest BCUT2D eigenvalue weighted by atomic mass is 15.1. The minimum atomic E-state index is 1.15. The molecule has 0 atom stereocenters. The molecular formula is C24H20BN. The third-order valence-corrected chi connectivity index (χ3v) is 4.52. The quantitative estimate of drug-likeness (QED) is 0.471. The van der Waals surface area contributed by atoms with E-state index < -0.39 is 0 Å². The van der Waals surface area contributed by atoms with Crippen molar-refractivity contribution in [1.29, 1.82) is 0 Å². The summed E-state index contributed by atoms with van der Waals surface area (Å²) in [4.78, 5) is 2.30. The number of rotatable bonds is 4. The van der Waals surface area contributed by atoms with Gasteiger partial charge in [-0.3, -0.25) is 0 Å². The molecule has 0 aliphatic carbocycles. The molecule has 1 nitrogen and oxygen atoms in total. The van der Waals surface area contributed by atoms with E-state index >= 15 is 0 Å². The zero-order chi connectivity index (χ0) is 17.8. The van der Waals surface area contributed by atoms with Crippen LogP contribution in [0.5, 0.6) is 0 Å². The SMILES string of the molecule is Bc1ccc(N(c2ccccc2)c2cccc(-c3ccccc3)c2)cc1. The summed E-state index contributed by atoms with van der Waals surface area (Å²) < 4.78 is 0. The lowest BCUT2D eigenvalue weighted by atomic mass is 9.96. The van der Waals surface area contributed by atoms with E-state index in [-0.39, 0.29) is 0 Å². The van der Waals surface area contributed by atoms with Crippen LogP contribution in [0.1, 0.15) is 0 Å². The van der Waals surface area contributed by atoms with E-state index in [4.69, 9.17) is 0 Å². The summed E-state index contributed by atoms with van der Waals surface area (Å²) in [6.45, 7) is 0. The first-order valence-corrected chi connectivity index (χ1v) is 8.88. The molecule has 0 aromatic heterocycles. The average molecular weight is 333 g/mol. The van der Waals surface area contributed by atoms with Gasteiger partial charge in [-0.25, -0.2) is 0 Å². The summed E-state index contributed by atoms with van der Waals surface area (Å²) in [5.41, 5.74) is 7.18. The first-order chi connectivity index (χ1) is 12.8. The van der Waals surface area contributed by atoms with E-state index in [1.165, 1.54) is 16.6 Å².